The van der Waals surface area contributed by atoms with Crippen LogP contribution in [0.5, 0.6) is 0 Å². The lowest BCUT2D eigenvalue weighted by atomic mass is 9.93. The van der Waals surface area contributed by atoms with Crippen LogP contribution in [0.4, 0.5) is 9.59 Å². The molecule has 6 nitrogen and oxygen atoms in total. The molecule has 2 N–H and O–H groups in total. The van der Waals surface area contributed by atoms with Crippen LogP contribution in [-0.4, -0.2) is 59.1 Å². The van der Waals surface area contributed by atoms with E-state index in [1.165, 1.54) is 0 Å². The maximum atomic E-state index is 12.4. The summed E-state index contributed by atoms with van der Waals surface area (Å²) in [6.07, 6.45) is 0. The normalized spacial score (nSPS) is 12.1. The van der Waals surface area contributed by atoms with Crippen molar-refractivity contribution in [2.75, 3.05) is 13.1 Å². The first-order chi connectivity index (χ1) is 11.3. The number of hydrogen-bond donors (Lipinski definition) is 2. The minimum atomic E-state index is -0.232. The molecule has 0 spiro atoms. The Morgan fingerprint density at radius 3 is 1.12 bits per heavy atom. The van der Waals surface area contributed by atoms with Crippen molar-refractivity contribution in [1.82, 2.24) is 20.4 Å². The molecule has 0 saturated heterocycles. The predicted molar refractivity (Wildman–Crippen MR) is 105 cm³/mol. The third-order valence-electron chi connectivity index (χ3n) is 4.13. The smallest absolute Gasteiger partial charge is 0.317 e. The Bertz CT molecular complexity index is 377. The summed E-state index contributed by atoms with van der Waals surface area (Å²) in [6.45, 7) is 21.2. The van der Waals surface area contributed by atoms with Crippen LogP contribution < -0.4 is 10.6 Å². The standard InChI is InChI=1S/C19H40N4O2/c1-13(2)22(14(3)4)17(24)20-11-19(9,10)12-21-18(25)23(15(5)6)16(7)8/h13-16H,11-12H2,1-10H3,(H,20,24)(H,21,25). The number of carbonyl (C=O) groups excluding carboxylic acids is 2. The van der Waals surface area contributed by atoms with E-state index in [9.17, 15) is 9.59 Å². The van der Waals surface area contributed by atoms with Gasteiger partial charge in [-0.3, -0.25) is 0 Å². The van der Waals surface area contributed by atoms with Crippen molar-refractivity contribution in [1.29, 1.82) is 0 Å². The van der Waals surface area contributed by atoms with Gasteiger partial charge in [-0.25, -0.2) is 9.59 Å². The fourth-order valence-electron chi connectivity index (χ4n) is 3.01. The molecule has 148 valence electrons. The summed E-state index contributed by atoms with van der Waals surface area (Å²) in [6, 6.07) is 0.467. The molecule has 0 saturated carbocycles. The van der Waals surface area contributed by atoms with Gasteiger partial charge in [-0.1, -0.05) is 13.8 Å². The van der Waals surface area contributed by atoms with Crippen molar-refractivity contribution in [3.05, 3.63) is 0 Å². The largest absolute Gasteiger partial charge is 0.337 e. The number of rotatable bonds is 8. The summed E-state index contributed by atoms with van der Waals surface area (Å²) >= 11 is 0. The van der Waals surface area contributed by atoms with E-state index in [1.807, 2.05) is 79.0 Å². The number of nitrogens with zero attached hydrogens (tertiary/aromatic N) is 2. The third-order valence-corrected chi connectivity index (χ3v) is 4.13. The monoisotopic (exact) mass is 356 g/mol. The van der Waals surface area contributed by atoms with Crippen molar-refractivity contribution in [3.63, 3.8) is 0 Å². The predicted octanol–water partition coefficient (Wildman–Crippen LogP) is 3.67. The van der Waals surface area contributed by atoms with E-state index >= 15 is 0 Å². The second-order valence-electron chi connectivity index (χ2n) is 8.67. The first-order valence-corrected chi connectivity index (χ1v) is 9.42. The molecular weight excluding hydrogens is 316 g/mol. The van der Waals surface area contributed by atoms with Crippen molar-refractivity contribution in [2.45, 2.75) is 93.4 Å². The van der Waals surface area contributed by atoms with Gasteiger partial charge in [0.05, 0.1) is 0 Å². The Labute approximate surface area is 154 Å². The van der Waals surface area contributed by atoms with E-state index in [-0.39, 0.29) is 41.6 Å². The first kappa shape index (κ1) is 23.5. The number of carbonyl (C=O) groups is 2. The van der Waals surface area contributed by atoms with Gasteiger partial charge in [-0.05, 0) is 60.8 Å². The molecule has 0 atom stereocenters. The number of urea groups is 2. The van der Waals surface area contributed by atoms with Crippen LogP contribution in [0.2, 0.25) is 0 Å². The van der Waals surface area contributed by atoms with Crippen LogP contribution in [0.3, 0.4) is 0 Å². The van der Waals surface area contributed by atoms with Crippen LogP contribution in [0.15, 0.2) is 0 Å². The Morgan fingerprint density at radius 1 is 0.680 bits per heavy atom. The molecule has 4 amide bonds. The summed E-state index contributed by atoms with van der Waals surface area (Å²) in [5.41, 5.74) is -0.232. The van der Waals surface area contributed by atoms with Crippen LogP contribution in [-0.2, 0) is 0 Å². The quantitative estimate of drug-likeness (QED) is 0.697. The van der Waals surface area contributed by atoms with Crippen LogP contribution in [0, 0.1) is 5.41 Å². The van der Waals surface area contributed by atoms with E-state index < -0.39 is 0 Å². The topological polar surface area (TPSA) is 64.7 Å². The van der Waals surface area contributed by atoms with E-state index in [2.05, 4.69) is 10.6 Å². The minimum Gasteiger partial charge on any atom is -0.337 e. The molecule has 0 rings (SSSR count). The van der Waals surface area contributed by atoms with Gasteiger partial charge in [-0.2, -0.15) is 0 Å². The highest BCUT2D eigenvalue weighted by molar-refractivity contribution is 5.75. The summed E-state index contributed by atoms with van der Waals surface area (Å²) in [7, 11) is 0. The van der Waals surface area contributed by atoms with Crippen LogP contribution in [0.25, 0.3) is 0 Å². The van der Waals surface area contributed by atoms with Gasteiger partial charge < -0.3 is 20.4 Å². The van der Waals surface area contributed by atoms with Crippen molar-refractivity contribution in [2.24, 2.45) is 5.41 Å². The third kappa shape index (κ3) is 7.97. The van der Waals surface area contributed by atoms with Gasteiger partial charge >= 0.3 is 12.1 Å². The molecule has 0 heterocycles. The van der Waals surface area contributed by atoms with Crippen molar-refractivity contribution < 1.29 is 9.59 Å². The molecule has 0 aromatic heterocycles. The summed E-state index contributed by atoms with van der Waals surface area (Å²) in [4.78, 5) is 28.5. The zero-order valence-electron chi connectivity index (χ0n) is 17.9. The van der Waals surface area contributed by atoms with Gasteiger partial charge in [0.15, 0.2) is 0 Å². The average Bonchev–Trinajstić information content (AvgIpc) is 2.41. The highest BCUT2D eigenvalue weighted by Gasteiger charge is 2.26. The second-order valence-corrected chi connectivity index (χ2v) is 8.67. The van der Waals surface area contributed by atoms with E-state index in [4.69, 9.17) is 0 Å². The fourth-order valence-corrected chi connectivity index (χ4v) is 3.01. The summed E-state index contributed by atoms with van der Waals surface area (Å²) in [5, 5.41) is 6.01. The fraction of sp³-hybridized carbons (Fsp3) is 0.895. The summed E-state index contributed by atoms with van der Waals surface area (Å²) in [5.74, 6) is 0. The SMILES string of the molecule is CC(C)N(C(=O)NCC(C)(C)CNC(=O)N(C(C)C)C(C)C)C(C)C. The second kappa shape index (κ2) is 9.88. The zero-order chi connectivity index (χ0) is 19.9. The number of nitrogens with one attached hydrogen (secondary N) is 2. The lowest BCUT2D eigenvalue weighted by Crippen LogP contribution is -2.53. The molecule has 0 aliphatic heterocycles. The Hall–Kier alpha value is -1.46. The molecule has 0 fully saturated rings. The Morgan fingerprint density at radius 2 is 0.920 bits per heavy atom. The number of hydrogen-bond acceptors (Lipinski definition) is 2. The zero-order valence-corrected chi connectivity index (χ0v) is 17.9. The number of amides is 4. The molecule has 0 aromatic rings. The Kier molecular flexibility index (Phi) is 9.30. The minimum absolute atomic E-state index is 0.0598. The van der Waals surface area contributed by atoms with Gasteiger partial charge in [0.2, 0.25) is 0 Å². The Balaban J connectivity index is 4.64. The highest BCUT2D eigenvalue weighted by atomic mass is 16.2. The van der Waals surface area contributed by atoms with Crippen LogP contribution in [0.1, 0.15) is 69.2 Å². The van der Waals surface area contributed by atoms with Gasteiger partial charge in [0.1, 0.15) is 0 Å². The van der Waals surface area contributed by atoms with Gasteiger partial charge in [0, 0.05) is 37.3 Å². The molecule has 0 aliphatic rings. The van der Waals surface area contributed by atoms with Gasteiger partial charge in [-0.15, -0.1) is 0 Å². The molecule has 6 heteroatoms. The molecule has 0 aliphatic carbocycles. The highest BCUT2D eigenvalue weighted by Crippen LogP contribution is 2.14. The first-order valence-electron chi connectivity index (χ1n) is 9.42. The lowest BCUT2D eigenvalue weighted by Gasteiger charge is -2.34. The lowest BCUT2D eigenvalue weighted by molar-refractivity contribution is 0.155. The maximum absolute atomic E-state index is 12.4. The molecule has 0 unspecified atom stereocenters. The molecular formula is C19H40N4O2. The van der Waals surface area contributed by atoms with E-state index in [0.717, 1.165) is 0 Å². The molecule has 0 bridgehead atoms. The van der Waals surface area contributed by atoms with E-state index in [0.29, 0.717) is 13.1 Å². The van der Waals surface area contributed by atoms with E-state index in [1.54, 1.807) is 0 Å². The molecule has 0 radical (unpaired) electrons. The maximum Gasteiger partial charge on any atom is 0.317 e. The van der Waals surface area contributed by atoms with Crippen molar-refractivity contribution >= 4 is 12.1 Å². The van der Waals surface area contributed by atoms with Crippen LogP contribution >= 0.6 is 0 Å². The van der Waals surface area contributed by atoms with Crippen molar-refractivity contribution in [3.8, 4) is 0 Å². The van der Waals surface area contributed by atoms with Gasteiger partial charge in [0.25, 0.3) is 0 Å². The molecule has 25 heavy (non-hydrogen) atoms. The summed E-state index contributed by atoms with van der Waals surface area (Å²) < 4.78 is 0. The molecule has 0 aromatic carbocycles. The average molecular weight is 357 g/mol.